The first-order valence-corrected chi connectivity index (χ1v) is 9.11. The van der Waals surface area contributed by atoms with Crippen molar-refractivity contribution in [1.82, 2.24) is 15.2 Å². The lowest BCUT2D eigenvalue weighted by Crippen LogP contribution is -2.31. The van der Waals surface area contributed by atoms with Gasteiger partial charge in [0.1, 0.15) is 6.26 Å². The maximum atomic E-state index is 12.7. The molecule has 2 rings (SSSR count). The van der Waals surface area contributed by atoms with Crippen molar-refractivity contribution in [3.05, 3.63) is 52.1 Å². The first-order valence-electron chi connectivity index (χ1n) is 8.32. The summed E-state index contributed by atoms with van der Waals surface area (Å²) in [6.45, 7) is 5.36. The molecule has 2 aromatic rings. The van der Waals surface area contributed by atoms with E-state index in [0.29, 0.717) is 24.5 Å². The third-order valence-electron chi connectivity index (χ3n) is 3.50. The molecule has 0 aliphatic carbocycles. The first-order chi connectivity index (χ1) is 12.0. The SMILES string of the molecule is CCCNC(=O)c1coc(CN(CCC)C(=O)c2cccc(Br)c2)n1. The monoisotopic (exact) mass is 407 g/mol. The summed E-state index contributed by atoms with van der Waals surface area (Å²) in [6, 6.07) is 7.25. The molecule has 0 unspecified atom stereocenters. The minimum atomic E-state index is -0.266. The van der Waals surface area contributed by atoms with Crippen molar-refractivity contribution in [3.8, 4) is 0 Å². The Morgan fingerprint density at radius 1 is 1.28 bits per heavy atom. The molecule has 0 radical (unpaired) electrons. The van der Waals surface area contributed by atoms with Crippen LogP contribution in [-0.4, -0.2) is 34.8 Å². The number of carbonyl (C=O) groups excluding carboxylic acids is 2. The van der Waals surface area contributed by atoms with E-state index in [2.05, 4.69) is 26.2 Å². The van der Waals surface area contributed by atoms with Crippen LogP contribution in [0.5, 0.6) is 0 Å². The molecule has 0 atom stereocenters. The largest absolute Gasteiger partial charge is 0.446 e. The van der Waals surface area contributed by atoms with Gasteiger partial charge in [0.25, 0.3) is 11.8 Å². The number of hydrogen-bond acceptors (Lipinski definition) is 4. The molecule has 1 aromatic heterocycles. The topological polar surface area (TPSA) is 75.4 Å². The van der Waals surface area contributed by atoms with E-state index in [4.69, 9.17) is 4.42 Å². The normalized spacial score (nSPS) is 10.5. The van der Waals surface area contributed by atoms with Gasteiger partial charge in [0.05, 0.1) is 6.54 Å². The minimum absolute atomic E-state index is 0.0988. The number of oxazole rings is 1. The van der Waals surface area contributed by atoms with E-state index in [1.54, 1.807) is 17.0 Å². The summed E-state index contributed by atoms with van der Waals surface area (Å²) in [4.78, 5) is 30.5. The van der Waals surface area contributed by atoms with Gasteiger partial charge in [0, 0.05) is 23.1 Å². The summed E-state index contributed by atoms with van der Waals surface area (Å²) < 4.78 is 6.23. The highest BCUT2D eigenvalue weighted by molar-refractivity contribution is 9.10. The fraction of sp³-hybridized carbons (Fsp3) is 0.389. The second kappa shape index (κ2) is 9.36. The third-order valence-corrected chi connectivity index (χ3v) is 3.99. The van der Waals surface area contributed by atoms with E-state index in [0.717, 1.165) is 17.3 Å². The van der Waals surface area contributed by atoms with Crippen molar-refractivity contribution in [1.29, 1.82) is 0 Å². The number of hydrogen-bond donors (Lipinski definition) is 1. The quantitative estimate of drug-likeness (QED) is 0.724. The molecule has 1 aromatic carbocycles. The van der Waals surface area contributed by atoms with Crippen molar-refractivity contribution >= 4 is 27.7 Å². The molecule has 0 aliphatic heterocycles. The Balaban J connectivity index is 2.10. The molecule has 2 amide bonds. The predicted octanol–water partition coefficient (Wildman–Crippen LogP) is 3.63. The molecular weight excluding hydrogens is 386 g/mol. The number of benzene rings is 1. The van der Waals surface area contributed by atoms with Gasteiger partial charge in [-0.3, -0.25) is 9.59 Å². The lowest BCUT2D eigenvalue weighted by atomic mass is 10.2. The van der Waals surface area contributed by atoms with Gasteiger partial charge in [0.15, 0.2) is 5.69 Å². The molecule has 6 nitrogen and oxygen atoms in total. The molecule has 0 spiro atoms. The molecule has 1 N–H and O–H groups in total. The van der Waals surface area contributed by atoms with E-state index in [1.165, 1.54) is 6.26 Å². The molecular formula is C18H22BrN3O3. The number of amides is 2. The highest BCUT2D eigenvalue weighted by Crippen LogP contribution is 2.15. The number of rotatable bonds is 8. The highest BCUT2D eigenvalue weighted by Gasteiger charge is 2.19. The van der Waals surface area contributed by atoms with Crippen molar-refractivity contribution in [2.45, 2.75) is 33.2 Å². The lowest BCUT2D eigenvalue weighted by molar-refractivity contribution is 0.0728. The zero-order valence-electron chi connectivity index (χ0n) is 14.4. The molecule has 134 valence electrons. The van der Waals surface area contributed by atoms with Crippen LogP contribution in [0.15, 0.2) is 39.4 Å². The van der Waals surface area contributed by atoms with Crippen LogP contribution >= 0.6 is 15.9 Å². The van der Waals surface area contributed by atoms with Gasteiger partial charge < -0.3 is 14.6 Å². The summed E-state index contributed by atoms with van der Waals surface area (Å²) in [5, 5.41) is 2.75. The Hall–Kier alpha value is -2.15. The zero-order valence-corrected chi connectivity index (χ0v) is 16.0. The molecule has 0 bridgehead atoms. The molecule has 0 saturated heterocycles. The highest BCUT2D eigenvalue weighted by atomic mass is 79.9. The summed E-state index contributed by atoms with van der Waals surface area (Å²) >= 11 is 3.38. The van der Waals surface area contributed by atoms with Crippen LogP contribution in [0.25, 0.3) is 0 Å². The van der Waals surface area contributed by atoms with Gasteiger partial charge in [-0.25, -0.2) is 4.98 Å². The van der Waals surface area contributed by atoms with E-state index in [1.807, 2.05) is 26.0 Å². The van der Waals surface area contributed by atoms with Gasteiger partial charge in [-0.2, -0.15) is 0 Å². The van der Waals surface area contributed by atoms with Crippen LogP contribution in [0.1, 0.15) is 53.4 Å². The van der Waals surface area contributed by atoms with Crippen LogP contribution in [-0.2, 0) is 6.54 Å². The zero-order chi connectivity index (χ0) is 18.2. The average Bonchev–Trinajstić information content (AvgIpc) is 3.07. The predicted molar refractivity (Wildman–Crippen MR) is 98.3 cm³/mol. The summed E-state index contributed by atoms with van der Waals surface area (Å²) in [5.74, 6) is -0.0195. The Morgan fingerprint density at radius 2 is 2.08 bits per heavy atom. The van der Waals surface area contributed by atoms with Crippen molar-refractivity contribution in [2.75, 3.05) is 13.1 Å². The number of halogens is 1. The molecule has 0 saturated carbocycles. The summed E-state index contributed by atoms with van der Waals surface area (Å²) in [7, 11) is 0. The fourth-order valence-corrected chi connectivity index (χ4v) is 2.71. The molecule has 0 fully saturated rings. The molecule has 7 heteroatoms. The first kappa shape index (κ1) is 19.2. The van der Waals surface area contributed by atoms with Crippen LogP contribution in [0.2, 0.25) is 0 Å². The van der Waals surface area contributed by atoms with Gasteiger partial charge in [-0.1, -0.05) is 35.8 Å². The Kier molecular flexibility index (Phi) is 7.18. The minimum Gasteiger partial charge on any atom is -0.446 e. The Labute approximate surface area is 155 Å². The van der Waals surface area contributed by atoms with E-state index < -0.39 is 0 Å². The van der Waals surface area contributed by atoms with E-state index in [-0.39, 0.29) is 24.1 Å². The summed E-state index contributed by atoms with van der Waals surface area (Å²) in [5.41, 5.74) is 0.824. The lowest BCUT2D eigenvalue weighted by Gasteiger charge is -2.20. The Morgan fingerprint density at radius 3 is 2.76 bits per heavy atom. The van der Waals surface area contributed by atoms with Crippen molar-refractivity contribution in [3.63, 3.8) is 0 Å². The number of nitrogens with one attached hydrogen (secondary N) is 1. The fourth-order valence-electron chi connectivity index (χ4n) is 2.31. The van der Waals surface area contributed by atoms with Gasteiger partial charge in [0.2, 0.25) is 5.89 Å². The standard InChI is InChI=1S/C18H22BrN3O3/c1-3-8-20-17(23)15-12-25-16(21-15)11-22(9-4-2)18(24)13-6-5-7-14(19)10-13/h5-7,10,12H,3-4,8-9,11H2,1-2H3,(H,20,23). The van der Waals surface area contributed by atoms with Gasteiger partial charge in [-0.15, -0.1) is 0 Å². The number of aromatic nitrogens is 1. The maximum Gasteiger partial charge on any atom is 0.273 e. The number of nitrogens with zero attached hydrogens (tertiary/aromatic N) is 2. The number of carbonyl (C=O) groups is 2. The van der Waals surface area contributed by atoms with Gasteiger partial charge >= 0.3 is 0 Å². The Bertz CT molecular complexity index is 730. The van der Waals surface area contributed by atoms with Gasteiger partial charge in [-0.05, 0) is 31.0 Å². The second-order valence-electron chi connectivity index (χ2n) is 5.62. The van der Waals surface area contributed by atoms with Crippen LogP contribution < -0.4 is 5.32 Å². The van der Waals surface area contributed by atoms with Crippen LogP contribution in [0, 0.1) is 0 Å². The second-order valence-corrected chi connectivity index (χ2v) is 6.54. The van der Waals surface area contributed by atoms with Crippen molar-refractivity contribution in [2.24, 2.45) is 0 Å². The van der Waals surface area contributed by atoms with Crippen molar-refractivity contribution < 1.29 is 14.0 Å². The molecule has 0 aliphatic rings. The molecule has 25 heavy (non-hydrogen) atoms. The summed E-state index contributed by atoms with van der Waals surface area (Å²) in [6.07, 6.45) is 2.99. The average molecular weight is 408 g/mol. The third kappa shape index (κ3) is 5.42. The smallest absolute Gasteiger partial charge is 0.273 e. The van der Waals surface area contributed by atoms with E-state index >= 15 is 0 Å². The van der Waals surface area contributed by atoms with Crippen LogP contribution in [0.4, 0.5) is 0 Å². The van der Waals surface area contributed by atoms with E-state index in [9.17, 15) is 9.59 Å². The maximum absolute atomic E-state index is 12.7. The molecule has 1 heterocycles. The van der Waals surface area contributed by atoms with Crippen LogP contribution in [0.3, 0.4) is 0 Å².